The molecule has 7 nitrogen and oxygen atoms in total. The van der Waals surface area contributed by atoms with Gasteiger partial charge in [0, 0.05) is 17.8 Å². The molecule has 0 atom stereocenters. The van der Waals surface area contributed by atoms with E-state index in [4.69, 9.17) is 9.47 Å². The Morgan fingerprint density at radius 1 is 1.15 bits per heavy atom. The Morgan fingerprint density at radius 2 is 1.85 bits per heavy atom. The van der Waals surface area contributed by atoms with Crippen LogP contribution in [0.4, 0.5) is 10.2 Å². The van der Waals surface area contributed by atoms with Gasteiger partial charge in [-0.05, 0) is 68.7 Å². The highest BCUT2D eigenvalue weighted by Gasteiger charge is 2.25. The predicted octanol–water partition coefficient (Wildman–Crippen LogP) is 4.36. The van der Waals surface area contributed by atoms with Gasteiger partial charge in [-0.2, -0.15) is 5.26 Å². The van der Waals surface area contributed by atoms with Crippen LogP contribution in [-0.4, -0.2) is 23.8 Å². The summed E-state index contributed by atoms with van der Waals surface area (Å²) in [5.74, 6) is 1.23. The van der Waals surface area contributed by atoms with E-state index in [0.29, 0.717) is 29.4 Å². The summed E-state index contributed by atoms with van der Waals surface area (Å²) in [5, 5.41) is 15.9. The van der Waals surface area contributed by atoms with Gasteiger partial charge in [0.15, 0.2) is 11.5 Å². The molecule has 1 aromatic heterocycles. The van der Waals surface area contributed by atoms with Crippen molar-refractivity contribution < 1.29 is 18.7 Å². The van der Waals surface area contributed by atoms with Crippen LogP contribution in [-0.2, 0) is 16.9 Å². The van der Waals surface area contributed by atoms with Crippen molar-refractivity contribution in [3.8, 4) is 17.6 Å². The minimum atomic E-state index is -0.516. The van der Waals surface area contributed by atoms with Crippen LogP contribution in [0.2, 0.25) is 0 Å². The molecule has 34 heavy (non-hydrogen) atoms. The molecule has 8 heteroatoms. The number of carbonyl (C=O) groups is 1. The van der Waals surface area contributed by atoms with E-state index in [1.165, 1.54) is 12.1 Å². The topological polar surface area (TPSA) is 88.3 Å². The van der Waals surface area contributed by atoms with Gasteiger partial charge in [-0.1, -0.05) is 18.2 Å². The average Bonchev–Trinajstić information content (AvgIpc) is 3.37. The molecule has 0 bridgehead atoms. The molecule has 2 aromatic carbocycles. The first kappa shape index (κ1) is 23.3. The lowest BCUT2D eigenvalue weighted by Crippen LogP contribution is -2.41. The molecule has 176 valence electrons. The Kier molecular flexibility index (Phi) is 6.31. The Morgan fingerprint density at radius 3 is 2.56 bits per heavy atom. The maximum absolute atomic E-state index is 13.3. The molecule has 0 radical (unpaired) electrons. The third kappa shape index (κ3) is 4.61. The van der Waals surface area contributed by atoms with Crippen LogP contribution in [0.25, 0.3) is 0 Å². The van der Waals surface area contributed by atoms with Gasteiger partial charge in [0.1, 0.15) is 17.7 Å². The van der Waals surface area contributed by atoms with Gasteiger partial charge in [-0.25, -0.2) is 4.39 Å². The number of carbonyl (C=O) groups excluding carboxylic acids is 1. The minimum Gasteiger partial charge on any atom is -0.454 e. The molecule has 1 aliphatic rings. The zero-order chi connectivity index (χ0) is 24.5. The summed E-state index contributed by atoms with van der Waals surface area (Å²) in [4.78, 5) is 12.9. The average molecular weight is 463 g/mol. The predicted molar refractivity (Wildman–Crippen MR) is 126 cm³/mol. The smallest absolute Gasteiger partial charge is 0.239 e. The molecule has 1 amide bonds. The molecule has 2 N–H and O–H groups in total. The third-order valence-corrected chi connectivity index (χ3v) is 6.24. The monoisotopic (exact) mass is 462 g/mol. The number of nitrogens with zero attached hydrogens (tertiary/aromatic N) is 2. The van der Waals surface area contributed by atoms with Gasteiger partial charge in [0.2, 0.25) is 12.7 Å². The highest BCUT2D eigenvalue weighted by Crippen LogP contribution is 2.35. The Bertz CT molecular complexity index is 1270. The summed E-state index contributed by atoms with van der Waals surface area (Å²) in [7, 11) is 0. The van der Waals surface area contributed by atoms with Crippen LogP contribution >= 0.6 is 0 Å². The van der Waals surface area contributed by atoms with Crippen molar-refractivity contribution in [2.24, 2.45) is 0 Å². The first-order chi connectivity index (χ1) is 16.2. The molecule has 0 spiro atoms. The van der Waals surface area contributed by atoms with E-state index in [0.717, 1.165) is 22.4 Å². The SMILES string of the molecule is Cc1c(C#N)c(NC(=O)CNC(C)(C)c2ccc3c(c2)OCO3)n(Cc2ccc(F)cc2)c1C. The summed E-state index contributed by atoms with van der Waals surface area (Å²) in [6.45, 7) is 8.34. The second-order valence-corrected chi connectivity index (χ2v) is 8.85. The van der Waals surface area contributed by atoms with Gasteiger partial charge in [0.05, 0.1) is 12.1 Å². The molecular weight excluding hydrogens is 435 g/mol. The zero-order valence-electron chi connectivity index (χ0n) is 19.7. The lowest BCUT2D eigenvalue weighted by Gasteiger charge is -2.27. The normalized spacial score (nSPS) is 12.5. The molecular formula is C26H27FN4O3. The number of aromatic nitrogens is 1. The minimum absolute atomic E-state index is 0.0339. The molecule has 3 aromatic rings. The van der Waals surface area contributed by atoms with Gasteiger partial charge in [-0.3, -0.25) is 10.1 Å². The molecule has 0 saturated carbocycles. The highest BCUT2D eigenvalue weighted by molar-refractivity contribution is 5.93. The number of anilines is 1. The maximum Gasteiger partial charge on any atom is 0.239 e. The largest absolute Gasteiger partial charge is 0.454 e. The van der Waals surface area contributed by atoms with Crippen molar-refractivity contribution in [2.75, 3.05) is 18.7 Å². The maximum atomic E-state index is 13.3. The number of hydrogen-bond donors (Lipinski definition) is 2. The van der Waals surface area contributed by atoms with Gasteiger partial charge >= 0.3 is 0 Å². The fourth-order valence-corrected chi connectivity index (χ4v) is 3.97. The fourth-order valence-electron chi connectivity index (χ4n) is 3.97. The van der Waals surface area contributed by atoms with E-state index >= 15 is 0 Å². The number of amides is 1. The van der Waals surface area contributed by atoms with Gasteiger partial charge < -0.3 is 19.4 Å². The van der Waals surface area contributed by atoms with Crippen molar-refractivity contribution in [1.82, 2.24) is 9.88 Å². The van der Waals surface area contributed by atoms with Crippen LogP contribution < -0.4 is 20.1 Å². The number of benzene rings is 2. The van der Waals surface area contributed by atoms with Crippen LogP contribution in [0, 0.1) is 31.0 Å². The summed E-state index contributed by atoms with van der Waals surface area (Å²) >= 11 is 0. The quantitative estimate of drug-likeness (QED) is 0.545. The number of hydrogen-bond acceptors (Lipinski definition) is 5. The number of nitriles is 1. The van der Waals surface area contributed by atoms with E-state index < -0.39 is 5.54 Å². The van der Waals surface area contributed by atoms with Gasteiger partial charge in [-0.15, -0.1) is 0 Å². The van der Waals surface area contributed by atoms with Crippen LogP contribution in [0.1, 0.15) is 41.8 Å². The molecule has 0 aliphatic carbocycles. The lowest BCUT2D eigenvalue weighted by molar-refractivity contribution is -0.115. The fraction of sp³-hybridized carbons (Fsp3) is 0.308. The number of ether oxygens (including phenoxy) is 2. The molecule has 4 rings (SSSR count). The summed E-state index contributed by atoms with van der Waals surface area (Å²) in [6.07, 6.45) is 0. The van der Waals surface area contributed by atoms with Crippen molar-refractivity contribution in [2.45, 2.75) is 39.8 Å². The van der Waals surface area contributed by atoms with Crippen molar-refractivity contribution >= 4 is 11.7 Å². The van der Waals surface area contributed by atoms with Crippen LogP contribution in [0.15, 0.2) is 42.5 Å². The first-order valence-corrected chi connectivity index (χ1v) is 11.0. The van der Waals surface area contributed by atoms with Crippen molar-refractivity contribution in [3.63, 3.8) is 0 Å². The zero-order valence-corrected chi connectivity index (χ0v) is 19.7. The van der Waals surface area contributed by atoms with Crippen LogP contribution in [0.5, 0.6) is 11.5 Å². The van der Waals surface area contributed by atoms with E-state index in [-0.39, 0.29) is 25.1 Å². The molecule has 1 aliphatic heterocycles. The van der Waals surface area contributed by atoms with Crippen molar-refractivity contribution in [1.29, 1.82) is 5.26 Å². The third-order valence-electron chi connectivity index (χ3n) is 6.24. The summed E-state index contributed by atoms with van der Waals surface area (Å²) in [5.41, 5.74) is 3.38. The second-order valence-electron chi connectivity index (χ2n) is 8.85. The standard InChI is InChI=1S/C26H27FN4O3/c1-16-17(2)31(14-18-5-8-20(27)9-6-18)25(21(16)12-28)30-24(32)13-29-26(3,4)19-7-10-22-23(11-19)34-15-33-22/h5-11,29H,13-15H2,1-4H3,(H,30,32). The number of rotatable bonds is 7. The number of halogens is 1. The van der Waals surface area contributed by atoms with Crippen LogP contribution in [0.3, 0.4) is 0 Å². The number of fused-ring (bicyclic) bond motifs is 1. The van der Waals surface area contributed by atoms with E-state index in [1.807, 2.05) is 50.5 Å². The Labute approximate surface area is 198 Å². The lowest BCUT2D eigenvalue weighted by atomic mass is 9.94. The molecule has 2 heterocycles. The van der Waals surface area contributed by atoms with E-state index in [1.54, 1.807) is 12.1 Å². The second kappa shape index (κ2) is 9.20. The highest BCUT2D eigenvalue weighted by atomic mass is 19.1. The summed E-state index contributed by atoms with van der Waals surface area (Å²) in [6, 6.07) is 14.1. The Hall–Kier alpha value is -3.83. The van der Waals surface area contributed by atoms with E-state index in [2.05, 4.69) is 16.7 Å². The van der Waals surface area contributed by atoms with E-state index in [9.17, 15) is 14.4 Å². The first-order valence-electron chi connectivity index (χ1n) is 11.0. The number of nitrogens with one attached hydrogen (secondary N) is 2. The summed E-state index contributed by atoms with van der Waals surface area (Å²) < 4.78 is 26.0. The molecule has 0 saturated heterocycles. The van der Waals surface area contributed by atoms with Gasteiger partial charge in [0.25, 0.3) is 0 Å². The molecule has 0 fully saturated rings. The van der Waals surface area contributed by atoms with Crippen molar-refractivity contribution in [3.05, 3.63) is 76.2 Å². The molecule has 0 unspecified atom stereocenters. The Balaban J connectivity index is 1.50.